The van der Waals surface area contributed by atoms with Crippen LogP contribution in [0.3, 0.4) is 0 Å². The highest BCUT2D eigenvalue weighted by Crippen LogP contribution is 2.19. The molecule has 0 aromatic heterocycles. The molecule has 4 nitrogen and oxygen atoms in total. The van der Waals surface area contributed by atoms with E-state index in [-0.39, 0.29) is 5.57 Å². The smallest absolute Gasteiger partial charge is 0.145 e. The minimum absolute atomic E-state index is 0.0729. The van der Waals surface area contributed by atoms with Crippen molar-refractivity contribution in [2.75, 3.05) is 18.4 Å². The van der Waals surface area contributed by atoms with Crippen molar-refractivity contribution in [2.45, 2.75) is 19.3 Å². The first kappa shape index (κ1) is 14.1. The topological polar surface area (TPSA) is 71.6 Å². The third kappa shape index (κ3) is 4.12. The van der Waals surface area contributed by atoms with E-state index in [1.54, 1.807) is 0 Å². The fraction of sp³-hybridized carbons (Fsp3) is 0.375. The molecule has 1 aliphatic heterocycles. The van der Waals surface area contributed by atoms with E-state index in [0.29, 0.717) is 0 Å². The summed E-state index contributed by atoms with van der Waals surface area (Å²) in [4.78, 5) is 0. The monoisotopic (exact) mass is 266 g/mol. The maximum atomic E-state index is 8.64. The van der Waals surface area contributed by atoms with Gasteiger partial charge in [0.25, 0.3) is 0 Å². The Morgan fingerprint density at radius 2 is 1.85 bits per heavy atom. The van der Waals surface area contributed by atoms with Crippen LogP contribution in [-0.2, 0) is 6.42 Å². The molecule has 0 amide bonds. The van der Waals surface area contributed by atoms with Crippen LogP contribution < -0.4 is 10.6 Å². The molecule has 1 aromatic carbocycles. The van der Waals surface area contributed by atoms with Crippen molar-refractivity contribution < 1.29 is 0 Å². The fourth-order valence-corrected chi connectivity index (χ4v) is 2.40. The molecule has 0 unspecified atom stereocenters. The minimum Gasteiger partial charge on any atom is -0.360 e. The molecule has 0 bridgehead atoms. The van der Waals surface area contributed by atoms with Gasteiger partial charge in [-0.25, -0.2) is 0 Å². The maximum Gasteiger partial charge on any atom is 0.145 e. The summed E-state index contributed by atoms with van der Waals surface area (Å²) in [6, 6.07) is 11.8. The molecule has 1 heterocycles. The van der Waals surface area contributed by atoms with E-state index in [2.05, 4.69) is 22.8 Å². The molecule has 0 atom stereocenters. The fourth-order valence-electron chi connectivity index (χ4n) is 2.40. The Morgan fingerprint density at radius 1 is 1.20 bits per heavy atom. The molecule has 1 aliphatic rings. The maximum absolute atomic E-state index is 8.64. The van der Waals surface area contributed by atoms with Crippen LogP contribution in [0.5, 0.6) is 0 Å². The van der Waals surface area contributed by atoms with Crippen LogP contribution in [0.4, 0.5) is 5.69 Å². The van der Waals surface area contributed by atoms with Crippen molar-refractivity contribution in [3.63, 3.8) is 0 Å². The number of nitrogens with zero attached hydrogens (tertiary/aromatic N) is 2. The molecule has 2 rings (SSSR count). The van der Waals surface area contributed by atoms with Gasteiger partial charge in [0.1, 0.15) is 17.7 Å². The second-order valence-electron chi connectivity index (χ2n) is 5.02. The zero-order chi connectivity index (χ0) is 14.2. The van der Waals surface area contributed by atoms with Crippen LogP contribution in [0.2, 0.25) is 0 Å². The number of nitrogens with one attached hydrogen (secondary N) is 2. The normalized spacial score (nSPS) is 14.9. The van der Waals surface area contributed by atoms with E-state index in [0.717, 1.165) is 31.1 Å². The van der Waals surface area contributed by atoms with Gasteiger partial charge in [-0.05, 0) is 56.0 Å². The Kier molecular flexibility index (Phi) is 5.17. The summed E-state index contributed by atoms with van der Waals surface area (Å²) < 4.78 is 0. The molecule has 1 fully saturated rings. The van der Waals surface area contributed by atoms with Crippen molar-refractivity contribution in [3.8, 4) is 12.1 Å². The number of rotatable bonds is 4. The van der Waals surface area contributed by atoms with Crippen molar-refractivity contribution in [3.05, 3.63) is 41.6 Å². The summed E-state index contributed by atoms with van der Waals surface area (Å²) in [6.45, 7) is 2.25. The van der Waals surface area contributed by atoms with Gasteiger partial charge in [-0.1, -0.05) is 12.1 Å². The Hall–Kier alpha value is -2.30. The number of anilines is 1. The molecule has 1 saturated heterocycles. The first-order valence-electron chi connectivity index (χ1n) is 6.88. The standard InChI is InChI=1S/C16H18N4/c17-10-15(11-18)12-20-16-3-1-13(2-4-16)9-14-5-7-19-8-6-14/h1-4,12,14,19-20H,5-9H2. The van der Waals surface area contributed by atoms with Crippen LogP contribution in [-0.4, -0.2) is 13.1 Å². The average molecular weight is 266 g/mol. The largest absolute Gasteiger partial charge is 0.360 e. The Labute approximate surface area is 119 Å². The number of piperidine rings is 1. The third-order valence-corrected chi connectivity index (χ3v) is 3.56. The molecule has 4 heteroatoms. The van der Waals surface area contributed by atoms with Crippen molar-refractivity contribution in [1.82, 2.24) is 5.32 Å². The predicted molar refractivity (Wildman–Crippen MR) is 78.7 cm³/mol. The summed E-state index contributed by atoms with van der Waals surface area (Å²) in [7, 11) is 0. The number of hydrogen-bond acceptors (Lipinski definition) is 4. The second-order valence-corrected chi connectivity index (χ2v) is 5.02. The Morgan fingerprint density at radius 3 is 2.45 bits per heavy atom. The van der Waals surface area contributed by atoms with E-state index in [1.807, 2.05) is 24.3 Å². The third-order valence-electron chi connectivity index (χ3n) is 3.56. The van der Waals surface area contributed by atoms with Gasteiger partial charge >= 0.3 is 0 Å². The predicted octanol–water partition coefficient (Wildman–Crippen LogP) is 2.57. The van der Waals surface area contributed by atoms with Crippen molar-refractivity contribution in [2.24, 2.45) is 5.92 Å². The van der Waals surface area contributed by atoms with E-state index >= 15 is 0 Å². The number of benzene rings is 1. The molecular weight excluding hydrogens is 248 g/mol. The highest BCUT2D eigenvalue weighted by atomic mass is 14.9. The molecule has 1 aromatic rings. The molecule has 2 N–H and O–H groups in total. The van der Waals surface area contributed by atoms with Crippen LogP contribution in [0, 0.1) is 28.6 Å². The van der Waals surface area contributed by atoms with Gasteiger partial charge in [0.15, 0.2) is 0 Å². The lowest BCUT2D eigenvalue weighted by Gasteiger charge is -2.22. The number of hydrogen-bond donors (Lipinski definition) is 2. The summed E-state index contributed by atoms with van der Waals surface area (Å²) in [5, 5.41) is 23.6. The summed E-state index contributed by atoms with van der Waals surface area (Å²) in [5.74, 6) is 0.777. The van der Waals surface area contributed by atoms with Gasteiger partial charge in [0.2, 0.25) is 0 Å². The second kappa shape index (κ2) is 7.33. The average Bonchev–Trinajstić information content (AvgIpc) is 2.51. The van der Waals surface area contributed by atoms with Gasteiger partial charge in [-0.2, -0.15) is 10.5 Å². The number of allylic oxidation sites excluding steroid dienone is 1. The molecule has 102 valence electrons. The van der Waals surface area contributed by atoms with Gasteiger partial charge in [0, 0.05) is 11.9 Å². The zero-order valence-corrected chi connectivity index (χ0v) is 11.4. The Bertz CT molecular complexity index is 523. The van der Waals surface area contributed by atoms with Gasteiger partial charge in [-0.3, -0.25) is 0 Å². The lowest BCUT2D eigenvalue weighted by molar-refractivity contribution is 0.372. The summed E-state index contributed by atoms with van der Waals surface area (Å²) >= 11 is 0. The highest BCUT2D eigenvalue weighted by molar-refractivity contribution is 5.50. The van der Waals surface area contributed by atoms with Gasteiger partial charge in [0.05, 0.1) is 0 Å². The summed E-state index contributed by atoms with van der Waals surface area (Å²) in [6.07, 6.45) is 5.05. The minimum atomic E-state index is 0.0729. The van der Waals surface area contributed by atoms with Crippen LogP contribution in [0.1, 0.15) is 18.4 Å². The Balaban J connectivity index is 1.91. The van der Waals surface area contributed by atoms with Crippen LogP contribution >= 0.6 is 0 Å². The highest BCUT2D eigenvalue weighted by Gasteiger charge is 2.13. The molecule has 0 aliphatic carbocycles. The van der Waals surface area contributed by atoms with E-state index in [9.17, 15) is 0 Å². The van der Waals surface area contributed by atoms with E-state index in [1.165, 1.54) is 24.6 Å². The molecule has 0 saturated carbocycles. The molecule has 0 radical (unpaired) electrons. The quantitative estimate of drug-likeness (QED) is 0.822. The number of nitriles is 2. The lowest BCUT2D eigenvalue weighted by atomic mass is 9.91. The van der Waals surface area contributed by atoms with Crippen molar-refractivity contribution in [1.29, 1.82) is 10.5 Å². The lowest BCUT2D eigenvalue weighted by Crippen LogP contribution is -2.28. The van der Waals surface area contributed by atoms with Crippen LogP contribution in [0.25, 0.3) is 0 Å². The summed E-state index contributed by atoms with van der Waals surface area (Å²) in [5.41, 5.74) is 2.30. The van der Waals surface area contributed by atoms with E-state index in [4.69, 9.17) is 10.5 Å². The molecule has 0 spiro atoms. The van der Waals surface area contributed by atoms with Gasteiger partial charge in [-0.15, -0.1) is 0 Å². The molecular formula is C16H18N4. The van der Waals surface area contributed by atoms with E-state index < -0.39 is 0 Å². The first-order chi connectivity index (χ1) is 9.81. The van der Waals surface area contributed by atoms with Crippen LogP contribution in [0.15, 0.2) is 36.0 Å². The zero-order valence-electron chi connectivity index (χ0n) is 11.4. The van der Waals surface area contributed by atoms with Gasteiger partial charge < -0.3 is 10.6 Å². The first-order valence-corrected chi connectivity index (χ1v) is 6.88. The van der Waals surface area contributed by atoms with Crippen molar-refractivity contribution >= 4 is 5.69 Å². The molecule has 20 heavy (non-hydrogen) atoms. The SMILES string of the molecule is N#CC(C#N)=CNc1ccc(CC2CCNCC2)cc1.